The molecule has 6 nitrogen and oxygen atoms in total. The molecule has 0 spiro atoms. The van der Waals surface area contributed by atoms with Crippen LogP contribution in [-0.2, 0) is 14.8 Å². The molecule has 0 aliphatic carbocycles. The Morgan fingerprint density at radius 3 is 2.78 bits per heavy atom. The second-order valence-corrected chi connectivity index (χ2v) is 6.90. The SMILES string of the molecule is CNCCNS(=O)(=O)c1ccc(OCC2CCOC2)c(F)c1.Cl. The normalized spacial score (nSPS) is 17.7. The van der Waals surface area contributed by atoms with Crippen LogP contribution in [0.4, 0.5) is 4.39 Å². The third-order valence-electron chi connectivity index (χ3n) is 3.38. The topological polar surface area (TPSA) is 76.7 Å². The smallest absolute Gasteiger partial charge is 0.240 e. The third-order valence-corrected chi connectivity index (χ3v) is 4.84. The van der Waals surface area contributed by atoms with Crippen molar-refractivity contribution in [2.24, 2.45) is 5.92 Å². The average molecular weight is 369 g/mol. The zero-order valence-electron chi connectivity index (χ0n) is 12.9. The van der Waals surface area contributed by atoms with Crippen LogP contribution < -0.4 is 14.8 Å². The van der Waals surface area contributed by atoms with Crippen molar-refractivity contribution in [3.63, 3.8) is 0 Å². The van der Waals surface area contributed by atoms with Crippen LogP contribution in [0.3, 0.4) is 0 Å². The van der Waals surface area contributed by atoms with Gasteiger partial charge in [0.25, 0.3) is 0 Å². The number of ether oxygens (including phenoxy) is 2. The highest BCUT2D eigenvalue weighted by molar-refractivity contribution is 7.89. The highest BCUT2D eigenvalue weighted by atomic mass is 35.5. The minimum atomic E-state index is -3.71. The maximum absolute atomic E-state index is 14.0. The molecule has 1 fully saturated rings. The number of sulfonamides is 1. The lowest BCUT2D eigenvalue weighted by Gasteiger charge is -2.12. The van der Waals surface area contributed by atoms with E-state index in [0.29, 0.717) is 26.4 Å². The van der Waals surface area contributed by atoms with Crippen molar-refractivity contribution < 1.29 is 22.3 Å². The fraction of sp³-hybridized carbons (Fsp3) is 0.571. The Bertz CT molecular complexity index is 594. The van der Waals surface area contributed by atoms with Gasteiger partial charge in [-0.15, -0.1) is 12.4 Å². The molecule has 1 aromatic carbocycles. The van der Waals surface area contributed by atoms with Crippen molar-refractivity contribution >= 4 is 22.4 Å². The van der Waals surface area contributed by atoms with Crippen LogP contribution in [0.2, 0.25) is 0 Å². The zero-order valence-corrected chi connectivity index (χ0v) is 14.5. The van der Waals surface area contributed by atoms with E-state index in [1.54, 1.807) is 7.05 Å². The van der Waals surface area contributed by atoms with Gasteiger partial charge in [-0.3, -0.25) is 0 Å². The minimum Gasteiger partial charge on any atom is -0.490 e. The van der Waals surface area contributed by atoms with E-state index in [9.17, 15) is 12.8 Å². The summed E-state index contributed by atoms with van der Waals surface area (Å²) in [5.41, 5.74) is 0. The van der Waals surface area contributed by atoms with Crippen molar-refractivity contribution in [3.8, 4) is 5.75 Å². The molecular weight excluding hydrogens is 347 g/mol. The fourth-order valence-corrected chi connectivity index (χ4v) is 3.13. The molecule has 2 N–H and O–H groups in total. The second kappa shape index (κ2) is 9.39. The van der Waals surface area contributed by atoms with Crippen LogP contribution in [0, 0.1) is 11.7 Å². The predicted molar refractivity (Wildman–Crippen MR) is 87.2 cm³/mol. The number of hydrogen-bond donors (Lipinski definition) is 2. The Morgan fingerprint density at radius 1 is 1.39 bits per heavy atom. The number of nitrogens with one attached hydrogen (secondary N) is 2. The van der Waals surface area contributed by atoms with Crippen molar-refractivity contribution in [2.45, 2.75) is 11.3 Å². The quantitative estimate of drug-likeness (QED) is 0.673. The molecule has 0 aromatic heterocycles. The molecule has 9 heteroatoms. The summed E-state index contributed by atoms with van der Waals surface area (Å²) in [5.74, 6) is -0.373. The molecular formula is C14H22ClFN2O4S. The Balaban J connectivity index is 0.00000264. The first-order chi connectivity index (χ1) is 10.5. The molecule has 0 amide bonds. The minimum absolute atomic E-state index is 0. The van der Waals surface area contributed by atoms with Gasteiger partial charge in [-0.05, 0) is 31.7 Å². The van der Waals surface area contributed by atoms with Crippen LogP contribution in [0.5, 0.6) is 5.75 Å². The van der Waals surface area contributed by atoms with Gasteiger partial charge in [0, 0.05) is 25.6 Å². The summed E-state index contributed by atoms with van der Waals surface area (Å²) in [6, 6.07) is 3.66. The van der Waals surface area contributed by atoms with Crippen LogP contribution >= 0.6 is 12.4 Å². The molecule has 2 rings (SSSR count). The van der Waals surface area contributed by atoms with E-state index in [1.165, 1.54) is 12.1 Å². The van der Waals surface area contributed by atoms with Gasteiger partial charge in [0.1, 0.15) is 0 Å². The van der Waals surface area contributed by atoms with E-state index >= 15 is 0 Å². The molecule has 1 saturated heterocycles. The lowest BCUT2D eigenvalue weighted by molar-refractivity contribution is 0.165. The van der Waals surface area contributed by atoms with Gasteiger partial charge in [-0.25, -0.2) is 17.5 Å². The maximum Gasteiger partial charge on any atom is 0.240 e. The van der Waals surface area contributed by atoms with E-state index in [2.05, 4.69) is 10.0 Å². The summed E-state index contributed by atoms with van der Waals surface area (Å²) in [6.07, 6.45) is 0.892. The molecule has 0 radical (unpaired) electrons. The molecule has 1 aromatic rings. The molecule has 1 heterocycles. The predicted octanol–water partition coefficient (Wildman–Crippen LogP) is 1.16. The van der Waals surface area contributed by atoms with Gasteiger partial charge in [-0.2, -0.15) is 0 Å². The first-order valence-corrected chi connectivity index (χ1v) is 8.65. The molecule has 23 heavy (non-hydrogen) atoms. The first-order valence-electron chi connectivity index (χ1n) is 7.17. The van der Waals surface area contributed by atoms with Crippen LogP contribution in [-0.4, -0.2) is 48.4 Å². The summed E-state index contributed by atoms with van der Waals surface area (Å²) in [6.45, 7) is 2.41. The average Bonchev–Trinajstić information content (AvgIpc) is 2.99. The maximum atomic E-state index is 14.0. The standard InChI is InChI=1S/C14H21FN2O4S.ClH/c1-16-5-6-17-22(18,19)12-2-3-14(13(15)8-12)21-10-11-4-7-20-9-11;/h2-3,8,11,16-17H,4-7,9-10H2,1H3;1H. The van der Waals surface area contributed by atoms with Gasteiger partial charge in [-0.1, -0.05) is 0 Å². The summed E-state index contributed by atoms with van der Waals surface area (Å²) >= 11 is 0. The number of benzene rings is 1. The Labute approximate surface area is 142 Å². The first kappa shape index (κ1) is 20.1. The monoisotopic (exact) mass is 368 g/mol. The molecule has 1 aliphatic heterocycles. The van der Waals surface area contributed by atoms with Crippen molar-refractivity contribution in [3.05, 3.63) is 24.0 Å². The highest BCUT2D eigenvalue weighted by Crippen LogP contribution is 2.22. The number of rotatable bonds is 8. The molecule has 132 valence electrons. The van der Waals surface area contributed by atoms with Gasteiger partial charge in [0.2, 0.25) is 10.0 Å². The summed E-state index contributed by atoms with van der Waals surface area (Å²) in [4.78, 5) is -0.113. The van der Waals surface area contributed by atoms with Gasteiger partial charge in [0.15, 0.2) is 11.6 Å². The largest absolute Gasteiger partial charge is 0.490 e. The van der Waals surface area contributed by atoms with Gasteiger partial charge >= 0.3 is 0 Å². The summed E-state index contributed by atoms with van der Waals surface area (Å²) in [7, 11) is -1.99. The van der Waals surface area contributed by atoms with Crippen LogP contribution in [0.15, 0.2) is 23.1 Å². The fourth-order valence-electron chi connectivity index (χ4n) is 2.08. The van der Waals surface area contributed by atoms with E-state index in [1.807, 2.05) is 0 Å². The lowest BCUT2D eigenvalue weighted by atomic mass is 10.1. The van der Waals surface area contributed by atoms with Crippen molar-refractivity contribution in [2.75, 3.05) is 40.0 Å². The van der Waals surface area contributed by atoms with Crippen molar-refractivity contribution in [1.29, 1.82) is 0 Å². The lowest BCUT2D eigenvalue weighted by Crippen LogP contribution is -2.30. The van der Waals surface area contributed by atoms with E-state index < -0.39 is 15.8 Å². The molecule has 1 unspecified atom stereocenters. The number of likely N-dealkylation sites (N-methyl/N-ethyl adjacent to an activating group) is 1. The zero-order chi connectivity index (χ0) is 16.0. The van der Waals surface area contributed by atoms with Crippen LogP contribution in [0.1, 0.15) is 6.42 Å². The summed E-state index contributed by atoms with van der Waals surface area (Å²) in [5, 5.41) is 2.82. The van der Waals surface area contributed by atoms with Gasteiger partial charge < -0.3 is 14.8 Å². The van der Waals surface area contributed by atoms with E-state index in [-0.39, 0.29) is 35.5 Å². The summed E-state index contributed by atoms with van der Waals surface area (Å²) < 4.78 is 50.9. The molecule has 0 saturated carbocycles. The highest BCUT2D eigenvalue weighted by Gasteiger charge is 2.19. The Hall–Kier alpha value is -0.930. The second-order valence-electron chi connectivity index (χ2n) is 5.13. The number of halogens is 2. The van der Waals surface area contributed by atoms with Crippen LogP contribution in [0.25, 0.3) is 0 Å². The van der Waals surface area contributed by atoms with Crippen molar-refractivity contribution in [1.82, 2.24) is 10.0 Å². The van der Waals surface area contributed by atoms with E-state index in [4.69, 9.17) is 9.47 Å². The third kappa shape index (κ3) is 5.89. The van der Waals surface area contributed by atoms with Gasteiger partial charge in [0.05, 0.1) is 18.1 Å². The Morgan fingerprint density at radius 2 is 2.17 bits per heavy atom. The molecule has 1 atom stereocenters. The molecule has 1 aliphatic rings. The Kier molecular flexibility index (Phi) is 8.21. The van der Waals surface area contributed by atoms with E-state index in [0.717, 1.165) is 12.5 Å². The molecule has 0 bridgehead atoms. The number of hydrogen-bond acceptors (Lipinski definition) is 5.